The minimum Gasteiger partial charge on any atom is -0.472 e. The lowest BCUT2D eigenvalue weighted by Gasteiger charge is -2.31. The zero-order valence-electron chi connectivity index (χ0n) is 11.1. The molecule has 1 aliphatic carbocycles. The fraction of sp³-hybridized carbons (Fsp3) is 0.692. The molecule has 1 aromatic heterocycles. The zero-order valence-corrected chi connectivity index (χ0v) is 11.1. The first kappa shape index (κ1) is 13.1. The number of nitrogens with zero attached hydrogens (tertiary/aromatic N) is 2. The summed E-state index contributed by atoms with van der Waals surface area (Å²) in [5.74, 6) is 1.26. The van der Waals surface area contributed by atoms with Gasteiger partial charge in [0.1, 0.15) is 6.10 Å². The number of ether oxygens (including phenoxy) is 1. The van der Waals surface area contributed by atoms with Crippen LogP contribution in [0.2, 0.25) is 0 Å². The second-order valence-electron chi connectivity index (χ2n) is 5.10. The van der Waals surface area contributed by atoms with Crippen molar-refractivity contribution >= 4 is 5.95 Å². The van der Waals surface area contributed by atoms with E-state index in [4.69, 9.17) is 4.74 Å². The fourth-order valence-corrected chi connectivity index (χ4v) is 2.32. The number of rotatable bonds is 3. The van der Waals surface area contributed by atoms with Gasteiger partial charge in [-0.15, -0.1) is 0 Å². The summed E-state index contributed by atoms with van der Waals surface area (Å²) in [6.45, 7) is 4.47. The van der Waals surface area contributed by atoms with Crippen molar-refractivity contribution in [2.75, 3.05) is 12.4 Å². The molecule has 18 heavy (non-hydrogen) atoms. The maximum atomic E-state index is 13.6. The molecule has 3 unspecified atom stereocenters. The van der Waals surface area contributed by atoms with Gasteiger partial charge in [-0.25, -0.2) is 4.98 Å². The summed E-state index contributed by atoms with van der Waals surface area (Å²) in [6.07, 6.45) is 4.24. The van der Waals surface area contributed by atoms with Crippen LogP contribution in [0.25, 0.3) is 0 Å². The van der Waals surface area contributed by atoms with Gasteiger partial charge in [0.2, 0.25) is 11.8 Å². The van der Waals surface area contributed by atoms with Crippen molar-refractivity contribution in [2.24, 2.45) is 11.8 Å². The average Bonchev–Trinajstić information content (AvgIpc) is 2.36. The van der Waals surface area contributed by atoms with Crippen molar-refractivity contribution in [2.45, 2.75) is 39.2 Å². The Bertz CT molecular complexity index is 413. The molecule has 1 fully saturated rings. The van der Waals surface area contributed by atoms with Gasteiger partial charge in [-0.05, 0) is 31.1 Å². The van der Waals surface area contributed by atoms with Crippen LogP contribution in [-0.4, -0.2) is 23.1 Å². The van der Waals surface area contributed by atoms with Crippen LogP contribution in [0.15, 0.2) is 6.20 Å². The summed E-state index contributed by atoms with van der Waals surface area (Å²) in [7, 11) is 1.70. The third-order valence-corrected chi connectivity index (χ3v) is 3.76. The first-order valence-corrected chi connectivity index (χ1v) is 6.47. The van der Waals surface area contributed by atoms with Crippen molar-refractivity contribution in [3.05, 3.63) is 12.0 Å². The topological polar surface area (TPSA) is 47.0 Å². The first-order chi connectivity index (χ1) is 8.60. The van der Waals surface area contributed by atoms with Gasteiger partial charge in [0.25, 0.3) is 5.88 Å². The Morgan fingerprint density at radius 1 is 1.33 bits per heavy atom. The highest BCUT2D eigenvalue weighted by atomic mass is 19.1. The van der Waals surface area contributed by atoms with E-state index in [1.165, 1.54) is 0 Å². The Morgan fingerprint density at radius 3 is 2.78 bits per heavy atom. The molecule has 0 aliphatic heterocycles. The molecule has 1 saturated carbocycles. The zero-order chi connectivity index (χ0) is 13.1. The fourth-order valence-electron chi connectivity index (χ4n) is 2.32. The van der Waals surface area contributed by atoms with Gasteiger partial charge < -0.3 is 10.1 Å². The second kappa shape index (κ2) is 5.50. The van der Waals surface area contributed by atoms with E-state index < -0.39 is 5.82 Å². The molecule has 0 amide bonds. The number of halogens is 1. The third kappa shape index (κ3) is 2.89. The standard InChI is InChI=1S/C13H20FN3O/c1-8-4-5-10(6-9(8)2)18-12-11(14)7-16-13(15-3)17-12/h7-10H,4-6H2,1-3H3,(H,15,16,17). The molecule has 0 aromatic carbocycles. The smallest absolute Gasteiger partial charge is 0.255 e. The Morgan fingerprint density at radius 2 is 2.11 bits per heavy atom. The monoisotopic (exact) mass is 253 g/mol. The number of nitrogens with one attached hydrogen (secondary N) is 1. The highest BCUT2D eigenvalue weighted by molar-refractivity contribution is 5.27. The van der Waals surface area contributed by atoms with Crippen LogP contribution in [0.1, 0.15) is 33.1 Å². The molecule has 0 radical (unpaired) electrons. The number of anilines is 1. The van der Waals surface area contributed by atoms with Crippen molar-refractivity contribution in [1.82, 2.24) is 9.97 Å². The van der Waals surface area contributed by atoms with Gasteiger partial charge in [0.05, 0.1) is 6.20 Å². The molecule has 0 bridgehead atoms. The Balaban J connectivity index is 2.05. The number of aromatic nitrogens is 2. The maximum Gasteiger partial charge on any atom is 0.255 e. The van der Waals surface area contributed by atoms with Gasteiger partial charge >= 0.3 is 0 Å². The highest BCUT2D eigenvalue weighted by Crippen LogP contribution is 2.31. The Labute approximate surface area is 107 Å². The summed E-state index contributed by atoms with van der Waals surface area (Å²) in [6, 6.07) is 0. The van der Waals surface area contributed by atoms with Gasteiger partial charge in [-0.2, -0.15) is 9.37 Å². The molecule has 0 saturated heterocycles. The Hall–Kier alpha value is -1.39. The molecule has 2 rings (SSSR count). The van der Waals surface area contributed by atoms with Crippen molar-refractivity contribution in [3.8, 4) is 5.88 Å². The number of hydrogen-bond acceptors (Lipinski definition) is 4. The second-order valence-corrected chi connectivity index (χ2v) is 5.10. The molecule has 1 aliphatic rings. The Kier molecular flexibility index (Phi) is 3.99. The third-order valence-electron chi connectivity index (χ3n) is 3.76. The van der Waals surface area contributed by atoms with Crippen molar-refractivity contribution in [1.29, 1.82) is 0 Å². The van der Waals surface area contributed by atoms with Gasteiger partial charge in [-0.3, -0.25) is 0 Å². The predicted molar refractivity (Wildman–Crippen MR) is 68.1 cm³/mol. The largest absolute Gasteiger partial charge is 0.472 e. The summed E-state index contributed by atoms with van der Waals surface area (Å²) >= 11 is 0. The highest BCUT2D eigenvalue weighted by Gasteiger charge is 2.26. The predicted octanol–water partition coefficient (Wildman–Crippen LogP) is 2.86. The molecule has 1 heterocycles. The molecule has 100 valence electrons. The molecule has 3 atom stereocenters. The van der Waals surface area contributed by atoms with E-state index >= 15 is 0 Å². The van der Waals surface area contributed by atoms with Crippen LogP contribution < -0.4 is 10.1 Å². The molecule has 5 heteroatoms. The van der Waals surface area contributed by atoms with Gasteiger partial charge in [0.15, 0.2) is 0 Å². The molecular formula is C13H20FN3O. The molecular weight excluding hydrogens is 233 g/mol. The molecule has 1 aromatic rings. The lowest BCUT2D eigenvalue weighted by Crippen LogP contribution is -2.29. The van der Waals surface area contributed by atoms with Crippen LogP contribution in [0.4, 0.5) is 10.3 Å². The summed E-state index contributed by atoms with van der Waals surface area (Å²) < 4.78 is 19.2. The summed E-state index contributed by atoms with van der Waals surface area (Å²) in [4.78, 5) is 7.81. The van der Waals surface area contributed by atoms with E-state index in [2.05, 4.69) is 29.1 Å². The summed E-state index contributed by atoms with van der Waals surface area (Å²) in [5.41, 5.74) is 0. The number of hydrogen-bond donors (Lipinski definition) is 1. The van der Waals surface area contributed by atoms with Crippen LogP contribution in [0.3, 0.4) is 0 Å². The minimum absolute atomic E-state index is 0.0566. The molecule has 1 N–H and O–H groups in total. The van der Waals surface area contributed by atoms with Crippen molar-refractivity contribution < 1.29 is 9.13 Å². The van der Waals surface area contributed by atoms with Crippen LogP contribution in [-0.2, 0) is 0 Å². The quantitative estimate of drug-likeness (QED) is 0.899. The van der Waals surface area contributed by atoms with Gasteiger partial charge in [-0.1, -0.05) is 13.8 Å². The van der Waals surface area contributed by atoms with Crippen LogP contribution in [0.5, 0.6) is 5.88 Å². The SMILES string of the molecule is CNc1ncc(F)c(OC2CCC(C)C(C)C2)n1. The first-order valence-electron chi connectivity index (χ1n) is 6.47. The lowest BCUT2D eigenvalue weighted by molar-refractivity contribution is 0.0922. The lowest BCUT2D eigenvalue weighted by atomic mass is 9.80. The van der Waals surface area contributed by atoms with E-state index in [1.54, 1.807) is 7.05 Å². The molecule has 0 spiro atoms. The van der Waals surface area contributed by atoms with E-state index in [0.29, 0.717) is 17.8 Å². The van der Waals surface area contributed by atoms with E-state index in [9.17, 15) is 4.39 Å². The summed E-state index contributed by atoms with van der Waals surface area (Å²) in [5, 5.41) is 2.78. The van der Waals surface area contributed by atoms with Crippen LogP contribution in [0, 0.1) is 17.7 Å². The molecule has 4 nitrogen and oxygen atoms in total. The normalized spacial score (nSPS) is 27.9. The van der Waals surface area contributed by atoms with E-state index in [0.717, 1.165) is 25.5 Å². The maximum absolute atomic E-state index is 13.6. The van der Waals surface area contributed by atoms with E-state index in [-0.39, 0.29) is 12.0 Å². The van der Waals surface area contributed by atoms with Gasteiger partial charge in [0, 0.05) is 7.05 Å². The average molecular weight is 253 g/mol. The van der Waals surface area contributed by atoms with Crippen molar-refractivity contribution in [3.63, 3.8) is 0 Å². The van der Waals surface area contributed by atoms with E-state index in [1.807, 2.05) is 0 Å². The minimum atomic E-state index is -0.500. The van der Waals surface area contributed by atoms with Crippen LogP contribution >= 0.6 is 0 Å².